The summed E-state index contributed by atoms with van der Waals surface area (Å²) in [7, 11) is 0. The Bertz CT molecular complexity index is 1390. The molecule has 1 atom stereocenters. The van der Waals surface area contributed by atoms with E-state index in [1.165, 1.54) is 193 Å². The van der Waals surface area contributed by atoms with Crippen molar-refractivity contribution in [1.82, 2.24) is 0 Å². The molecule has 75 heavy (non-hydrogen) atoms. The van der Waals surface area contributed by atoms with E-state index in [0.717, 1.165) is 96.3 Å². The molecule has 0 aromatic carbocycles. The highest BCUT2D eigenvalue weighted by Gasteiger charge is 2.19. The van der Waals surface area contributed by atoms with Crippen LogP contribution in [0.5, 0.6) is 0 Å². The minimum Gasteiger partial charge on any atom is -0.462 e. The molecular weight excluding hydrogens is 925 g/mol. The highest BCUT2D eigenvalue weighted by atomic mass is 16.6. The maximum Gasteiger partial charge on any atom is 0.306 e. The second-order valence-electron chi connectivity index (χ2n) is 21.6. The van der Waals surface area contributed by atoms with Crippen molar-refractivity contribution in [3.8, 4) is 0 Å². The zero-order valence-electron chi connectivity index (χ0n) is 49.8. The van der Waals surface area contributed by atoms with Crippen LogP contribution in [0, 0.1) is 0 Å². The molecule has 0 aromatic rings. The van der Waals surface area contributed by atoms with Gasteiger partial charge in [-0.15, -0.1) is 0 Å². The Labute approximate surface area is 465 Å². The second-order valence-corrected chi connectivity index (χ2v) is 21.6. The summed E-state index contributed by atoms with van der Waals surface area (Å²) >= 11 is 0. The highest BCUT2D eigenvalue weighted by molar-refractivity contribution is 5.71. The Morgan fingerprint density at radius 2 is 0.520 bits per heavy atom. The lowest BCUT2D eigenvalue weighted by Crippen LogP contribution is -2.30. The van der Waals surface area contributed by atoms with Gasteiger partial charge in [0.2, 0.25) is 0 Å². The SMILES string of the molecule is CC/C=C\C/C=C\C/C=C\C/C=C\C/C=C\CCCCCC(=O)OC[C@H](COC(=O)CCCCCCCCCCCCCCCCCCC)OC(=O)CCCCCCCCCCCCC/C=C\CCCCCCCC. The fourth-order valence-electron chi connectivity index (χ4n) is 9.35. The zero-order valence-corrected chi connectivity index (χ0v) is 49.8. The molecule has 0 unspecified atom stereocenters. The van der Waals surface area contributed by atoms with Gasteiger partial charge in [-0.3, -0.25) is 14.4 Å². The van der Waals surface area contributed by atoms with Crippen LogP contribution >= 0.6 is 0 Å². The minimum absolute atomic E-state index is 0.0829. The van der Waals surface area contributed by atoms with Gasteiger partial charge in [-0.05, 0) is 89.9 Å². The average molecular weight is 1050 g/mol. The van der Waals surface area contributed by atoms with Crippen molar-refractivity contribution in [2.75, 3.05) is 13.2 Å². The molecule has 0 radical (unpaired) electrons. The van der Waals surface area contributed by atoms with Crippen LogP contribution in [0.25, 0.3) is 0 Å². The Balaban J connectivity index is 4.40. The molecule has 0 heterocycles. The Hall–Kier alpha value is -3.15. The quantitative estimate of drug-likeness (QED) is 0.0261. The van der Waals surface area contributed by atoms with Crippen molar-refractivity contribution in [2.45, 2.75) is 335 Å². The number of hydrogen-bond donors (Lipinski definition) is 0. The molecule has 0 aliphatic carbocycles. The third-order valence-electron chi connectivity index (χ3n) is 14.2. The molecule has 0 bridgehead atoms. The fourth-order valence-corrected chi connectivity index (χ4v) is 9.35. The summed E-state index contributed by atoms with van der Waals surface area (Å²) in [5.41, 5.74) is 0. The van der Waals surface area contributed by atoms with Gasteiger partial charge in [0.25, 0.3) is 0 Å². The lowest BCUT2D eigenvalue weighted by molar-refractivity contribution is -0.167. The van der Waals surface area contributed by atoms with Gasteiger partial charge in [0, 0.05) is 19.3 Å². The van der Waals surface area contributed by atoms with Gasteiger partial charge in [0.15, 0.2) is 6.10 Å². The first-order valence-electron chi connectivity index (χ1n) is 32.4. The number of unbranched alkanes of at least 4 members (excludes halogenated alkanes) is 36. The largest absolute Gasteiger partial charge is 0.462 e. The molecule has 0 saturated carbocycles. The molecule has 0 aliphatic heterocycles. The number of esters is 3. The topological polar surface area (TPSA) is 78.9 Å². The minimum atomic E-state index is -0.789. The summed E-state index contributed by atoms with van der Waals surface area (Å²) in [6.45, 7) is 6.54. The molecule has 0 aromatic heterocycles. The van der Waals surface area contributed by atoms with Crippen LogP contribution in [0.15, 0.2) is 72.9 Å². The van der Waals surface area contributed by atoms with E-state index < -0.39 is 6.10 Å². The van der Waals surface area contributed by atoms with E-state index in [-0.39, 0.29) is 31.1 Å². The van der Waals surface area contributed by atoms with Gasteiger partial charge < -0.3 is 14.2 Å². The van der Waals surface area contributed by atoms with Crippen LogP contribution in [0.4, 0.5) is 0 Å². The second kappa shape index (κ2) is 63.4. The highest BCUT2D eigenvalue weighted by Crippen LogP contribution is 2.17. The lowest BCUT2D eigenvalue weighted by Gasteiger charge is -2.18. The van der Waals surface area contributed by atoms with E-state index in [9.17, 15) is 14.4 Å². The van der Waals surface area contributed by atoms with Crippen molar-refractivity contribution in [1.29, 1.82) is 0 Å². The maximum absolute atomic E-state index is 12.9. The molecule has 0 aliphatic rings. The number of carbonyl (C=O) groups excluding carboxylic acids is 3. The molecule has 434 valence electrons. The van der Waals surface area contributed by atoms with E-state index in [1.54, 1.807) is 0 Å². The molecule has 0 rings (SSSR count). The normalized spacial score (nSPS) is 12.5. The summed E-state index contributed by atoms with van der Waals surface area (Å²) in [6, 6.07) is 0. The van der Waals surface area contributed by atoms with Gasteiger partial charge in [-0.25, -0.2) is 0 Å². The summed E-state index contributed by atoms with van der Waals surface area (Å²) in [5, 5.41) is 0. The van der Waals surface area contributed by atoms with E-state index in [0.29, 0.717) is 19.3 Å². The standard InChI is InChI=1S/C69H122O6/c1-4-7-10-13-16-19-22-25-28-31-33-34-36-39-42-45-48-51-54-57-60-63-69(72)75-66(64-73-67(70)61-58-55-52-49-46-43-40-37-30-27-24-21-18-15-12-9-6-3)65-74-68(71)62-59-56-53-50-47-44-41-38-35-32-29-26-23-20-17-14-11-8-5-2/h8,11,17,20,25-26,28-29,35,38,44,47,66H,4-7,9-10,12-16,18-19,21-24,27,30-34,36-37,39-43,45-46,48-65H2,1-3H3/b11-8-,20-17-,28-25-,29-26-,38-35-,47-44-/t66-/m0/s1. The van der Waals surface area contributed by atoms with Crippen molar-refractivity contribution in [2.24, 2.45) is 0 Å². The van der Waals surface area contributed by atoms with E-state index in [1.807, 2.05) is 0 Å². The monoisotopic (exact) mass is 1050 g/mol. The maximum atomic E-state index is 12.9. The van der Waals surface area contributed by atoms with Gasteiger partial charge in [-0.2, -0.15) is 0 Å². The first-order chi connectivity index (χ1) is 37.0. The first kappa shape index (κ1) is 71.8. The molecule has 6 heteroatoms. The van der Waals surface area contributed by atoms with Gasteiger partial charge in [0.1, 0.15) is 13.2 Å². The summed E-state index contributed by atoms with van der Waals surface area (Å²) in [6.07, 6.45) is 81.9. The molecule has 0 N–H and O–H groups in total. The van der Waals surface area contributed by atoms with E-state index in [2.05, 4.69) is 93.7 Å². The molecular formula is C69H122O6. The van der Waals surface area contributed by atoms with Crippen LogP contribution in [-0.2, 0) is 28.6 Å². The van der Waals surface area contributed by atoms with Crippen LogP contribution < -0.4 is 0 Å². The number of rotatable bonds is 59. The van der Waals surface area contributed by atoms with Gasteiger partial charge in [0.05, 0.1) is 0 Å². The number of allylic oxidation sites excluding steroid dienone is 12. The number of carbonyl (C=O) groups is 3. The number of hydrogen-bond acceptors (Lipinski definition) is 6. The van der Waals surface area contributed by atoms with Gasteiger partial charge >= 0.3 is 17.9 Å². The third kappa shape index (κ3) is 61.6. The molecule has 0 spiro atoms. The molecule has 0 saturated heterocycles. The molecule has 0 fully saturated rings. The van der Waals surface area contributed by atoms with Crippen molar-refractivity contribution < 1.29 is 28.6 Å². The average Bonchev–Trinajstić information content (AvgIpc) is 3.41. The van der Waals surface area contributed by atoms with Crippen LogP contribution in [0.3, 0.4) is 0 Å². The fraction of sp³-hybridized carbons (Fsp3) is 0.783. The van der Waals surface area contributed by atoms with E-state index in [4.69, 9.17) is 14.2 Å². The molecule has 6 nitrogen and oxygen atoms in total. The van der Waals surface area contributed by atoms with Crippen molar-refractivity contribution in [3.05, 3.63) is 72.9 Å². The zero-order chi connectivity index (χ0) is 54.3. The summed E-state index contributed by atoms with van der Waals surface area (Å²) in [5.74, 6) is -0.899. The smallest absolute Gasteiger partial charge is 0.306 e. The third-order valence-corrected chi connectivity index (χ3v) is 14.2. The summed E-state index contributed by atoms with van der Waals surface area (Å²) < 4.78 is 16.9. The van der Waals surface area contributed by atoms with Gasteiger partial charge in [-0.1, -0.05) is 293 Å². The Kier molecular flexibility index (Phi) is 60.7. The summed E-state index contributed by atoms with van der Waals surface area (Å²) in [4.78, 5) is 38.4. The Morgan fingerprint density at radius 1 is 0.280 bits per heavy atom. The first-order valence-corrected chi connectivity index (χ1v) is 32.4. The van der Waals surface area contributed by atoms with Crippen LogP contribution in [0.2, 0.25) is 0 Å². The van der Waals surface area contributed by atoms with Crippen molar-refractivity contribution >= 4 is 17.9 Å². The van der Waals surface area contributed by atoms with E-state index >= 15 is 0 Å². The number of ether oxygens (including phenoxy) is 3. The predicted octanol–water partition coefficient (Wildman–Crippen LogP) is 22.1. The molecule has 0 amide bonds. The lowest BCUT2D eigenvalue weighted by atomic mass is 10.0. The van der Waals surface area contributed by atoms with Crippen molar-refractivity contribution in [3.63, 3.8) is 0 Å². The van der Waals surface area contributed by atoms with Crippen LogP contribution in [-0.4, -0.2) is 37.2 Å². The Morgan fingerprint density at radius 3 is 0.840 bits per heavy atom. The predicted molar refractivity (Wildman–Crippen MR) is 325 cm³/mol. The van der Waals surface area contributed by atoms with Crippen LogP contribution in [0.1, 0.15) is 329 Å².